The molecule has 1 aliphatic rings. The molecule has 1 aliphatic heterocycles. The Labute approximate surface area is 151 Å². The second-order valence-electron chi connectivity index (χ2n) is 6.14. The number of nitrogens with one attached hydrogen (secondary N) is 2. The zero-order valence-electron chi connectivity index (χ0n) is 13.7. The normalized spacial score (nSPS) is 25.4. The first kappa shape index (κ1) is 18.7. The summed E-state index contributed by atoms with van der Waals surface area (Å²) in [5.41, 5.74) is -3.70. The van der Waals surface area contributed by atoms with Crippen LogP contribution in [0.2, 0.25) is 0 Å². The Bertz CT molecular complexity index is 855. The summed E-state index contributed by atoms with van der Waals surface area (Å²) in [5.74, 6) is -3.24. The summed E-state index contributed by atoms with van der Waals surface area (Å²) >= 11 is 0. The van der Waals surface area contributed by atoms with Gasteiger partial charge in [0.25, 0.3) is 0 Å². The van der Waals surface area contributed by atoms with Crippen LogP contribution in [0.1, 0.15) is 22.0 Å². The number of urea groups is 1. The second-order valence-corrected chi connectivity index (χ2v) is 6.14. The zero-order valence-corrected chi connectivity index (χ0v) is 13.7. The highest BCUT2D eigenvalue weighted by Gasteiger charge is 2.66. The predicted molar refractivity (Wildman–Crippen MR) is 87.8 cm³/mol. The van der Waals surface area contributed by atoms with E-state index in [4.69, 9.17) is 0 Å². The number of benzene rings is 2. The van der Waals surface area contributed by atoms with Crippen LogP contribution in [-0.2, 0) is 0 Å². The summed E-state index contributed by atoms with van der Waals surface area (Å²) in [5, 5.41) is 23.5. The van der Waals surface area contributed by atoms with Crippen LogP contribution in [0.15, 0.2) is 54.6 Å². The number of phenolic OH excluding ortho intramolecular Hbond substituents is 1. The van der Waals surface area contributed by atoms with Gasteiger partial charge < -0.3 is 20.8 Å². The fourth-order valence-corrected chi connectivity index (χ4v) is 3.08. The minimum atomic E-state index is -5.31. The molecule has 3 atom stereocenters. The van der Waals surface area contributed by atoms with Gasteiger partial charge in [-0.3, -0.25) is 4.79 Å². The van der Waals surface area contributed by atoms with Gasteiger partial charge >= 0.3 is 12.2 Å². The highest BCUT2D eigenvalue weighted by Crippen LogP contribution is 2.44. The minimum absolute atomic E-state index is 0.0492. The first-order valence-corrected chi connectivity index (χ1v) is 7.89. The number of amides is 2. The monoisotopic (exact) mass is 380 g/mol. The number of aromatic hydroxyl groups is 1. The van der Waals surface area contributed by atoms with Gasteiger partial charge in [-0.05, 0) is 17.7 Å². The van der Waals surface area contributed by atoms with Crippen molar-refractivity contribution in [2.45, 2.75) is 17.9 Å². The van der Waals surface area contributed by atoms with E-state index >= 15 is 0 Å². The van der Waals surface area contributed by atoms with Gasteiger partial charge in [0.2, 0.25) is 5.72 Å². The lowest BCUT2D eigenvalue weighted by Crippen LogP contribution is -2.72. The molecule has 9 heteroatoms. The number of alkyl halides is 3. The lowest BCUT2D eigenvalue weighted by atomic mass is 9.77. The molecule has 2 aromatic rings. The van der Waals surface area contributed by atoms with Crippen molar-refractivity contribution in [2.24, 2.45) is 5.92 Å². The van der Waals surface area contributed by atoms with Gasteiger partial charge in [0, 0.05) is 5.56 Å². The average molecular weight is 380 g/mol. The quantitative estimate of drug-likeness (QED) is 0.615. The third-order valence-corrected chi connectivity index (χ3v) is 4.40. The number of Topliss-reactive ketones (excluding diaryl/α,β-unsaturated/α-hetero) is 1. The number of rotatable bonds is 3. The van der Waals surface area contributed by atoms with Crippen molar-refractivity contribution in [1.29, 1.82) is 0 Å². The van der Waals surface area contributed by atoms with Crippen LogP contribution in [0.25, 0.3) is 0 Å². The van der Waals surface area contributed by atoms with E-state index in [1.807, 2.05) is 0 Å². The Kier molecular flexibility index (Phi) is 4.56. The van der Waals surface area contributed by atoms with Crippen molar-refractivity contribution in [3.05, 3.63) is 65.7 Å². The molecule has 2 amide bonds. The van der Waals surface area contributed by atoms with Gasteiger partial charge in [-0.15, -0.1) is 0 Å². The SMILES string of the molecule is O=C1N[C@@H](c2ccc(O)cc2)[C@@H](C(=O)c2ccccc2)[C@@](O)(C(F)(F)F)N1. The predicted octanol–water partition coefficient (Wildman–Crippen LogP) is 2.50. The smallest absolute Gasteiger partial charge is 0.437 e. The number of aliphatic hydroxyl groups is 1. The number of hydrogen-bond acceptors (Lipinski definition) is 4. The summed E-state index contributed by atoms with van der Waals surface area (Å²) < 4.78 is 41.1. The molecule has 0 saturated carbocycles. The molecule has 6 nitrogen and oxygen atoms in total. The number of phenols is 1. The average Bonchev–Trinajstić information content (AvgIpc) is 2.61. The minimum Gasteiger partial charge on any atom is -0.508 e. The molecule has 0 radical (unpaired) electrons. The highest BCUT2D eigenvalue weighted by molar-refractivity contribution is 6.00. The third-order valence-electron chi connectivity index (χ3n) is 4.40. The highest BCUT2D eigenvalue weighted by atomic mass is 19.4. The van der Waals surface area contributed by atoms with Crippen molar-refractivity contribution in [3.8, 4) is 5.75 Å². The van der Waals surface area contributed by atoms with Gasteiger partial charge in [0.05, 0.1) is 6.04 Å². The molecule has 4 N–H and O–H groups in total. The van der Waals surface area contributed by atoms with Crippen molar-refractivity contribution in [3.63, 3.8) is 0 Å². The van der Waals surface area contributed by atoms with E-state index in [0.29, 0.717) is 0 Å². The summed E-state index contributed by atoms with van der Waals surface area (Å²) in [6.45, 7) is 0. The third kappa shape index (κ3) is 3.33. The van der Waals surface area contributed by atoms with Gasteiger partial charge in [-0.25, -0.2) is 4.79 Å². The van der Waals surface area contributed by atoms with Crippen molar-refractivity contribution >= 4 is 11.8 Å². The molecule has 2 aromatic carbocycles. The summed E-state index contributed by atoms with van der Waals surface area (Å²) in [6.07, 6.45) is -5.31. The van der Waals surface area contributed by atoms with E-state index < -0.39 is 35.7 Å². The largest absolute Gasteiger partial charge is 0.508 e. The van der Waals surface area contributed by atoms with E-state index in [9.17, 15) is 33.0 Å². The molecule has 3 rings (SSSR count). The maximum atomic E-state index is 13.7. The van der Waals surface area contributed by atoms with Crippen LogP contribution in [0.4, 0.5) is 18.0 Å². The van der Waals surface area contributed by atoms with Gasteiger partial charge in [-0.1, -0.05) is 42.5 Å². The molecule has 27 heavy (non-hydrogen) atoms. The number of carbonyl (C=O) groups is 2. The van der Waals surface area contributed by atoms with Gasteiger partial charge in [0.1, 0.15) is 11.7 Å². The Hall–Kier alpha value is -3.07. The van der Waals surface area contributed by atoms with E-state index in [1.165, 1.54) is 53.8 Å². The van der Waals surface area contributed by atoms with Gasteiger partial charge in [-0.2, -0.15) is 13.2 Å². The Morgan fingerprint density at radius 3 is 2.19 bits per heavy atom. The lowest BCUT2D eigenvalue weighted by Gasteiger charge is -2.45. The zero-order chi connectivity index (χ0) is 19.8. The lowest BCUT2D eigenvalue weighted by molar-refractivity contribution is -0.287. The standard InChI is InChI=1S/C18H15F3N2O4/c19-18(20,21)17(27)13(15(25)11-4-2-1-3-5-11)14(22-16(26)23-17)10-6-8-12(24)9-7-10/h1-9,13-14,24,27H,(H2,22,23,26)/t13-,14-,17+/m0/s1. The number of halogens is 3. The summed E-state index contributed by atoms with van der Waals surface area (Å²) in [4.78, 5) is 24.8. The molecule has 1 fully saturated rings. The van der Waals surface area contributed by atoms with Gasteiger partial charge in [0.15, 0.2) is 5.78 Å². The fraction of sp³-hybridized carbons (Fsp3) is 0.222. The molecular weight excluding hydrogens is 365 g/mol. The fourth-order valence-electron chi connectivity index (χ4n) is 3.08. The van der Waals surface area contributed by atoms with Crippen molar-refractivity contribution < 1.29 is 33.0 Å². The molecule has 142 valence electrons. The maximum absolute atomic E-state index is 13.7. The van der Waals surface area contributed by atoms with Crippen LogP contribution in [-0.4, -0.2) is 33.9 Å². The molecule has 1 saturated heterocycles. The Balaban J connectivity index is 2.15. The molecule has 0 unspecified atom stereocenters. The molecular formula is C18H15F3N2O4. The summed E-state index contributed by atoms with van der Waals surface area (Å²) in [6, 6.07) is 9.40. The number of hydrogen-bond donors (Lipinski definition) is 4. The van der Waals surface area contributed by atoms with E-state index in [0.717, 1.165) is 0 Å². The van der Waals surface area contributed by atoms with E-state index in [1.54, 1.807) is 6.07 Å². The molecule has 0 spiro atoms. The Morgan fingerprint density at radius 1 is 1.04 bits per heavy atom. The topological polar surface area (TPSA) is 98.7 Å². The van der Waals surface area contributed by atoms with E-state index in [2.05, 4.69) is 5.32 Å². The molecule has 1 heterocycles. The number of carbonyl (C=O) groups excluding carboxylic acids is 2. The summed E-state index contributed by atoms with van der Waals surface area (Å²) in [7, 11) is 0. The molecule has 0 aromatic heterocycles. The van der Waals surface area contributed by atoms with Crippen LogP contribution in [0, 0.1) is 5.92 Å². The van der Waals surface area contributed by atoms with Crippen LogP contribution >= 0.6 is 0 Å². The molecule has 0 aliphatic carbocycles. The van der Waals surface area contributed by atoms with Crippen molar-refractivity contribution in [1.82, 2.24) is 10.6 Å². The first-order valence-electron chi connectivity index (χ1n) is 7.89. The first-order chi connectivity index (χ1) is 12.6. The second kappa shape index (κ2) is 6.58. The van der Waals surface area contributed by atoms with Crippen LogP contribution in [0.5, 0.6) is 5.75 Å². The number of ketones is 1. The molecule has 0 bridgehead atoms. The van der Waals surface area contributed by atoms with E-state index in [-0.39, 0.29) is 16.9 Å². The maximum Gasteiger partial charge on any atom is 0.437 e. The van der Waals surface area contributed by atoms with Crippen molar-refractivity contribution in [2.75, 3.05) is 0 Å². The Morgan fingerprint density at radius 2 is 1.63 bits per heavy atom. The van der Waals surface area contributed by atoms with Crippen LogP contribution < -0.4 is 10.6 Å². The van der Waals surface area contributed by atoms with Crippen LogP contribution in [0.3, 0.4) is 0 Å².